The van der Waals surface area contributed by atoms with Crippen LogP contribution in [0.15, 0.2) is 36.5 Å². The molecule has 2 rings (SSSR count). The van der Waals surface area contributed by atoms with Crippen LogP contribution in [-0.2, 0) is 0 Å². The summed E-state index contributed by atoms with van der Waals surface area (Å²) >= 11 is 0. The molecule has 2 aromatic rings. The number of nitrogens with one attached hydrogen (secondary N) is 1. The summed E-state index contributed by atoms with van der Waals surface area (Å²) in [5, 5.41) is 13.9. The van der Waals surface area contributed by atoms with Gasteiger partial charge in [-0.3, -0.25) is 15.1 Å². The minimum atomic E-state index is -0.439. The summed E-state index contributed by atoms with van der Waals surface area (Å²) < 4.78 is 12.8. The summed E-state index contributed by atoms with van der Waals surface area (Å²) in [6, 6.07) is 7.36. The molecular weight excluding hydrogens is 261 g/mol. The molecule has 104 valence electrons. The van der Waals surface area contributed by atoms with Gasteiger partial charge in [0.1, 0.15) is 5.82 Å². The van der Waals surface area contributed by atoms with E-state index in [0.29, 0.717) is 11.4 Å². The maximum atomic E-state index is 12.8. The smallest absolute Gasteiger partial charge is 0.271 e. The quantitative estimate of drug-likeness (QED) is 0.683. The molecule has 20 heavy (non-hydrogen) atoms. The first kappa shape index (κ1) is 13.9. The van der Waals surface area contributed by atoms with Gasteiger partial charge in [-0.25, -0.2) is 4.39 Å². The second-order valence-electron chi connectivity index (χ2n) is 4.52. The largest absolute Gasteiger partial charge is 0.377 e. The van der Waals surface area contributed by atoms with E-state index in [1.807, 2.05) is 13.8 Å². The van der Waals surface area contributed by atoms with Crippen molar-refractivity contribution in [1.29, 1.82) is 0 Å². The summed E-state index contributed by atoms with van der Waals surface area (Å²) in [6.07, 6.45) is 1.15. The highest BCUT2D eigenvalue weighted by molar-refractivity contribution is 5.57. The van der Waals surface area contributed by atoms with Crippen molar-refractivity contribution in [2.45, 2.75) is 19.9 Å². The van der Waals surface area contributed by atoms with Crippen molar-refractivity contribution in [3.05, 3.63) is 63.7 Å². The van der Waals surface area contributed by atoms with E-state index >= 15 is 0 Å². The lowest BCUT2D eigenvalue weighted by molar-refractivity contribution is -0.384. The second kappa shape index (κ2) is 5.64. The number of aryl methyl sites for hydroxylation is 1. The zero-order chi connectivity index (χ0) is 14.7. The third-order valence-corrected chi connectivity index (χ3v) is 3.00. The van der Waals surface area contributed by atoms with Gasteiger partial charge in [0.05, 0.1) is 22.9 Å². The number of benzene rings is 1. The number of nitro groups is 1. The number of rotatable bonds is 4. The van der Waals surface area contributed by atoms with Gasteiger partial charge in [0, 0.05) is 17.8 Å². The van der Waals surface area contributed by atoms with E-state index < -0.39 is 10.7 Å². The highest BCUT2D eigenvalue weighted by atomic mass is 19.1. The topological polar surface area (TPSA) is 68.1 Å². The average molecular weight is 275 g/mol. The van der Waals surface area contributed by atoms with Gasteiger partial charge in [0.15, 0.2) is 0 Å². The first-order valence-corrected chi connectivity index (χ1v) is 6.10. The van der Waals surface area contributed by atoms with Gasteiger partial charge >= 0.3 is 0 Å². The standard InChI is InChI=1S/C14H14FN3O2/c1-9-3-5-12(18(19)20)7-14(9)17-10(2)13-6-4-11(15)8-16-13/h3-8,10,17H,1-2H3. The van der Waals surface area contributed by atoms with Crippen LogP contribution in [0.25, 0.3) is 0 Å². The van der Waals surface area contributed by atoms with Gasteiger partial charge in [0.2, 0.25) is 0 Å². The van der Waals surface area contributed by atoms with Crippen LogP contribution >= 0.6 is 0 Å². The molecule has 0 amide bonds. The molecule has 0 aliphatic rings. The van der Waals surface area contributed by atoms with E-state index in [9.17, 15) is 14.5 Å². The molecule has 5 nitrogen and oxygen atoms in total. The predicted molar refractivity (Wildman–Crippen MR) is 74.1 cm³/mol. The van der Waals surface area contributed by atoms with Crippen molar-refractivity contribution in [1.82, 2.24) is 4.98 Å². The number of anilines is 1. The summed E-state index contributed by atoms with van der Waals surface area (Å²) in [6.45, 7) is 3.72. The molecule has 0 spiro atoms. The minimum Gasteiger partial charge on any atom is -0.377 e. The van der Waals surface area contributed by atoms with Crippen molar-refractivity contribution in [2.24, 2.45) is 0 Å². The number of non-ortho nitro benzene ring substituents is 1. The molecule has 0 fully saturated rings. The maximum Gasteiger partial charge on any atom is 0.271 e. The number of pyridine rings is 1. The summed E-state index contributed by atoms with van der Waals surface area (Å²) in [5.74, 6) is -0.396. The molecular formula is C14H14FN3O2. The summed E-state index contributed by atoms with van der Waals surface area (Å²) in [7, 11) is 0. The number of nitrogens with zero attached hydrogens (tertiary/aromatic N) is 2. The van der Waals surface area contributed by atoms with Crippen LogP contribution in [0.1, 0.15) is 24.2 Å². The Balaban J connectivity index is 2.22. The number of halogens is 1. The Hall–Kier alpha value is -2.50. The molecule has 0 bridgehead atoms. The van der Waals surface area contributed by atoms with Crippen molar-refractivity contribution < 1.29 is 9.31 Å². The van der Waals surface area contributed by atoms with Gasteiger partial charge in [-0.1, -0.05) is 6.07 Å². The van der Waals surface area contributed by atoms with Gasteiger partial charge in [-0.2, -0.15) is 0 Å². The molecule has 1 atom stereocenters. The molecule has 1 N–H and O–H groups in total. The Bertz CT molecular complexity index is 629. The van der Waals surface area contributed by atoms with Crippen molar-refractivity contribution in [3.63, 3.8) is 0 Å². The van der Waals surface area contributed by atoms with Gasteiger partial charge in [-0.05, 0) is 31.5 Å². The van der Waals surface area contributed by atoms with Crippen LogP contribution in [0.2, 0.25) is 0 Å². The molecule has 0 saturated heterocycles. The Kier molecular flexibility index (Phi) is 3.93. The molecule has 1 heterocycles. The monoisotopic (exact) mass is 275 g/mol. The first-order chi connectivity index (χ1) is 9.47. The van der Waals surface area contributed by atoms with Crippen molar-refractivity contribution >= 4 is 11.4 Å². The second-order valence-corrected chi connectivity index (χ2v) is 4.52. The highest BCUT2D eigenvalue weighted by Gasteiger charge is 2.12. The third-order valence-electron chi connectivity index (χ3n) is 3.00. The molecule has 0 aliphatic heterocycles. The molecule has 0 radical (unpaired) electrons. The van der Waals surface area contributed by atoms with E-state index in [0.717, 1.165) is 11.8 Å². The minimum absolute atomic E-state index is 0.0253. The summed E-state index contributed by atoms with van der Waals surface area (Å²) in [5.41, 5.74) is 2.25. The SMILES string of the molecule is Cc1ccc([N+](=O)[O-])cc1NC(C)c1ccc(F)cn1. The number of nitro benzene ring substituents is 1. The molecule has 1 aromatic heterocycles. The average Bonchev–Trinajstić information content (AvgIpc) is 2.41. The molecule has 0 aliphatic carbocycles. The molecule has 6 heteroatoms. The van der Waals surface area contributed by atoms with Gasteiger partial charge in [0.25, 0.3) is 5.69 Å². The number of aromatic nitrogens is 1. The molecule has 1 unspecified atom stereocenters. The van der Waals surface area contributed by atoms with Crippen LogP contribution in [0.4, 0.5) is 15.8 Å². The van der Waals surface area contributed by atoms with Crippen LogP contribution < -0.4 is 5.32 Å². The zero-order valence-electron chi connectivity index (χ0n) is 11.1. The Labute approximate surface area is 115 Å². The van der Waals surface area contributed by atoms with Crippen LogP contribution in [0, 0.1) is 22.9 Å². The predicted octanol–water partition coefficient (Wildman–Crippen LogP) is 3.61. The number of hydrogen-bond acceptors (Lipinski definition) is 4. The van der Waals surface area contributed by atoms with E-state index in [1.54, 1.807) is 12.1 Å². The lowest BCUT2D eigenvalue weighted by Crippen LogP contribution is -2.09. The lowest BCUT2D eigenvalue weighted by Gasteiger charge is -2.16. The van der Waals surface area contributed by atoms with Crippen molar-refractivity contribution in [3.8, 4) is 0 Å². The van der Waals surface area contributed by atoms with E-state index in [1.165, 1.54) is 18.2 Å². The molecule has 1 aromatic carbocycles. The van der Waals surface area contributed by atoms with Crippen LogP contribution in [-0.4, -0.2) is 9.91 Å². The maximum absolute atomic E-state index is 12.8. The Morgan fingerprint density at radius 3 is 2.70 bits per heavy atom. The van der Waals surface area contributed by atoms with Crippen molar-refractivity contribution in [2.75, 3.05) is 5.32 Å². The fourth-order valence-corrected chi connectivity index (χ4v) is 1.83. The van der Waals surface area contributed by atoms with Crippen LogP contribution in [0.3, 0.4) is 0 Å². The van der Waals surface area contributed by atoms with E-state index in [-0.39, 0.29) is 11.7 Å². The Morgan fingerprint density at radius 1 is 1.35 bits per heavy atom. The first-order valence-electron chi connectivity index (χ1n) is 6.10. The fraction of sp³-hybridized carbons (Fsp3) is 0.214. The zero-order valence-corrected chi connectivity index (χ0v) is 11.1. The van der Waals surface area contributed by atoms with E-state index in [2.05, 4.69) is 10.3 Å². The molecule has 0 saturated carbocycles. The number of hydrogen-bond donors (Lipinski definition) is 1. The Morgan fingerprint density at radius 2 is 2.10 bits per heavy atom. The van der Waals surface area contributed by atoms with E-state index in [4.69, 9.17) is 0 Å². The fourth-order valence-electron chi connectivity index (χ4n) is 1.83. The highest BCUT2D eigenvalue weighted by Crippen LogP contribution is 2.25. The summed E-state index contributed by atoms with van der Waals surface area (Å²) in [4.78, 5) is 14.3. The lowest BCUT2D eigenvalue weighted by atomic mass is 10.1. The third kappa shape index (κ3) is 3.09. The van der Waals surface area contributed by atoms with Gasteiger partial charge < -0.3 is 5.32 Å². The van der Waals surface area contributed by atoms with Gasteiger partial charge in [-0.15, -0.1) is 0 Å². The van der Waals surface area contributed by atoms with Crippen LogP contribution in [0.5, 0.6) is 0 Å². The normalized spacial score (nSPS) is 11.9.